The van der Waals surface area contributed by atoms with E-state index < -0.39 is 30.4 Å². The molecular weight excluding hydrogens is 358 g/mol. The van der Waals surface area contributed by atoms with E-state index >= 15 is 0 Å². The number of hydrogen-bond acceptors (Lipinski definition) is 5. The number of carbonyl (C=O) groups excluding carboxylic acids is 3. The van der Waals surface area contributed by atoms with E-state index in [1.54, 1.807) is 24.3 Å². The summed E-state index contributed by atoms with van der Waals surface area (Å²) < 4.78 is 9.98. The predicted octanol–water partition coefficient (Wildman–Crippen LogP) is 3.78. The van der Waals surface area contributed by atoms with Gasteiger partial charge in [-0.2, -0.15) is 0 Å². The topological polar surface area (TPSA) is 81.7 Å². The number of amides is 1. The van der Waals surface area contributed by atoms with Gasteiger partial charge in [0, 0.05) is 0 Å². The van der Waals surface area contributed by atoms with E-state index in [-0.39, 0.29) is 11.5 Å². The fraction of sp³-hybridized carbons (Fsp3) is 0.318. The van der Waals surface area contributed by atoms with Crippen LogP contribution >= 0.6 is 0 Å². The highest BCUT2D eigenvalue weighted by Crippen LogP contribution is 2.28. The van der Waals surface area contributed by atoms with Crippen molar-refractivity contribution < 1.29 is 23.9 Å². The van der Waals surface area contributed by atoms with Gasteiger partial charge in [-0.25, -0.2) is 4.79 Å². The van der Waals surface area contributed by atoms with Crippen LogP contribution in [0.5, 0.6) is 0 Å². The van der Waals surface area contributed by atoms with Gasteiger partial charge in [-0.3, -0.25) is 9.59 Å². The van der Waals surface area contributed by atoms with Crippen LogP contribution in [0, 0.1) is 5.92 Å². The Hall–Kier alpha value is -3.15. The summed E-state index contributed by atoms with van der Waals surface area (Å²) in [4.78, 5) is 36.7. The number of anilines is 1. The Morgan fingerprint density at radius 1 is 1.00 bits per heavy atom. The van der Waals surface area contributed by atoms with Gasteiger partial charge in [0.25, 0.3) is 5.91 Å². The van der Waals surface area contributed by atoms with Gasteiger partial charge in [0.2, 0.25) is 0 Å². The van der Waals surface area contributed by atoms with Gasteiger partial charge in [-0.15, -0.1) is 0 Å². The zero-order valence-corrected chi connectivity index (χ0v) is 16.3. The van der Waals surface area contributed by atoms with Gasteiger partial charge in [0.15, 0.2) is 6.61 Å². The highest BCUT2D eigenvalue weighted by Gasteiger charge is 2.28. The normalized spacial score (nSPS) is 12.5. The van der Waals surface area contributed by atoms with Gasteiger partial charge >= 0.3 is 11.9 Å². The van der Waals surface area contributed by atoms with Crippen molar-refractivity contribution in [3.63, 3.8) is 0 Å². The van der Waals surface area contributed by atoms with E-state index in [2.05, 4.69) is 5.32 Å². The van der Waals surface area contributed by atoms with Crippen molar-refractivity contribution >= 4 is 23.5 Å². The number of ether oxygens (including phenoxy) is 2. The molecule has 2 rings (SSSR count). The standard InChI is InChI=1S/C22H25NO5/c1-4-15(2)20(16-10-6-5-7-11-16)22(26)28-14-19(24)23-18-13-9-8-12-17(18)21(25)27-3/h5-13,15,20H,4,14H2,1-3H3,(H,23,24)/t15-,20+/m1/s1. The van der Waals surface area contributed by atoms with Crippen molar-refractivity contribution in [2.24, 2.45) is 5.92 Å². The third-order valence-electron chi connectivity index (χ3n) is 4.58. The summed E-state index contributed by atoms with van der Waals surface area (Å²) in [6, 6.07) is 15.9. The number of esters is 2. The maximum absolute atomic E-state index is 12.6. The van der Waals surface area contributed by atoms with E-state index in [9.17, 15) is 14.4 Å². The summed E-state index contributed by atoms with van der Waals surface area (Å²) in [5.74, 6) is -1.91. The molecule has 6 nitrogen and oxygen atoms in total. The molecule has 0 saturated heterocycles. The summed E-state index contributed by atoms with van der Waals surface area (Å²) in [5, 5.41) is 2.59. The monoisotopic (exact) mass is 383 g/mol. The van der Waals surface area contributed by atoms with Crippen LogP contribution in [0.15, 0.2) is 54.6 Å². The predicted molar refractivity (Wildman–Crippen MR) is 106 cm³/mol. The molecule has 1 amide bonds. The quantitative estimate of drug-likeness (QED) is 0.702. The highest BCUT2D eigenvalue weighted by atomic mass is 16.5. The third-order valence-corrected chi connectivity index (χ3v) is 4.58. The first-order chi connectivity index (χ1) is 13.5. The van der Waals surface area contributed by atoms with Crippen LogP contribution in [-0.2, 0) is 19.1 Å². The zero-order chi connectivity index (χ0) is 20.5. The van der Waals surface area contributed by atoms with Crippen molar-refractivity contribution in [3.8, 4) is 0 Å². The third kappa shape index (κ3) is 5.42. The summed E-state index contributed by atoms with van der Waals surface area (Å²) in [6.45, 7) is 3.55. The SMILES string of the molecule is CC[C@@H](C)[C@H](C(=O)OCC(=O)Nc1ccccc1C(=O)OC)c1ccccc1. The number of nitrogens with one attached hydrogen (secondary N) is 1. The van der Waals surface area contributed by atoms with Crippen LogP contribution in [0.25, 0.3) is 0 Å². The molecule has 0 aliphatic heterocycles. The molecule has 0 saturated carbocycles. The van der Waals surface area contributed by atoms with Crippen LogP contribution in [0.2, 0.25) is 0 Å². The van der Waals surface area contributed by atoms with E-state index in [0.29, 0.717) is 5.69 Å². The second-order valence-electron chi connectivity index (χ2n) is 6.47. The van der Waals surface area contributed by atoms with E-state index in [0.717, 1.165) is 12.0 Å². The van der Waals surface area contributed by atoms with Gasteiger partial charge in [-0.05, 0) is 23.6 Å². The Kier molecular flexibility index (Phi) is 7.75. The van der Waals surface area contributed by atoms with Crippen molar-refractivity contribution in [1.82, 2.24) is 0 Å². The molecule has 0 fully saturated rings. The van der Waals surface area contributed by atoms with Crippen molar-refractivity contribution in [2.75, 3.05) is 19.0 Å². The summed E-state index contributed by atoms with van der Waals surface area (Å²) >= 11 is 0. The number of rotatable bonds is 8. The lowest BCUT2D eigenvalue weighted by Crippen LogP contribution is -2.27. The second kappa shape index (κ2) is 10.3. The van der Waals surface area contributed by atoms with Gasteiger partial charge in [0.05, 0.1) is 24.3 Å². The molecule has 0 aliphatic carbocycles. The average molecular weight is 383 g/mol. The Morgan fingerprint density at radius 2 is 1.64 bits per heavy atom. The first-order valence-electron chi connectivity index (χ1n) is 9.16. The molecule has 2 aromatic rings. The summed E-state index contributed by atoms with van der Waals surface area (Å²) in [5.41, 5.74) is 1.39. The molecule has 6 heteroatoms. The largest absolute Gasteiger partial charge is 0.465 e. The van der Waals surface area contributed by atoms with Crippen molar-refractivity contribution in [3.05, 3.63) is 65.7 Å². The van der Waals surface area contributed by atoms with Crippen LogP contribution in [0.3, 0.4) is 0 Å². The summed E-state index contributed by atoms with van der Waals surface area (Å²) in [6.07, 6.45) is 0.799. The molecule has 0 bridgehead atoms. The molecule has 0 spiro atoms. The molecule has 0 aliphatic rings. The van der Waals surface area contributed by atoms with E-state index in [1.165, 1.54) is 7.11 Å². The molecule has 2 aromatic carbocycles. The molecule has 1 N–H and O–H groups in total. The minimum atomic E-state index is -0.561. The van der Waals surface area contributed by atoms with E-state index in [1.807, 2.05) is 44.2 Å². The molecule has 0 aromatic heterocycles. The van der Waals surface area contributed by atoms with Crippen molar-refractivity contribution in [2.45, 2.75) is 26.2 Å². The molecule has 148 valence electrons. The lowest BCUT2D eigenvalue weighted by molar-refractivity contribution is -0.150. The van der Waals surface area contributed by atoms with Crippen LogP contribution in [-0.4, -0.2) is 31.6 Å². The minimum absolute atomic E-state index is 0.0676. The Labute approximate surface area is 164 Å². The minimum Gasteiger partial charge on any atom is -0.465 e. The van der Waals surface area contributed by atoms with Crippen LogP contribution in [0.4, 0.5) is 5.69 Å². The number of benzene rings is 2. The second-order valence-corrected chi connectivity index (χ2v) is 6.47. The fourth-order valence-corrected chi connectivity index (χ4v) is 2.89. The Balaban J connectivity index is 2.03. The molecule has 0 radical (unpaired) electrons. The Bertz CT molecular complexity index is 819. The maximum atomic E-state index is 12.6. The number of methoxy groups -OCH3 is 1. The Morgan fingerprint density at radius 3 is 2.29 bits per heavy atom. The number of carbonyl (C=O) groups is 3. The smallest absolute Gasteiger partial charge is 0.339 e. The van der Waals surface area contributed by atoms with Crippen LogP contribution in [0.1, 0.15) is 42.1 Å². The molecule has 2 atom stereocenters. The zero-order valence-electron chi connectivity index (χ0n) is 16.3. The average Bonchev–Trinajstić information content (AvgIpc) is 2.73. The molecule has 0 unspecified atom stereocenters. The lowest BCUT2D eigenvalue weighted by atomic mass is 9.86. The highest BCUT2D eigenvalue weighted by molar-refractivity contribution is 6.01. The molecular formula is C22H25NO5. The lowest BCUT2D eigenvalue weighted by Gasteiger charge is -2.21. The number of para-hydroxylation sites is 1. The van der Waals surface area contributed by atoms with Crippen molar-refractivity contribution in [1.29, 1.82) is 0 Å². The van der Waals surface area contributed by atoms with Crippen LogP contribution < -0.4 is 5.32 Å². The summed E-state index contributed by atoms with van der Waals surface area (Å²) in [7, 11) is 1.27. The van der Waals surface area contributed by atoms with E-state index in [4.69, 9.17) is 9.47 Å². The fourth-order valence-electron chi connectivity index (χ4n) is 2.89. The molecule has 0 heterocycles. The first kappa shape index (κ1) is 21.2. The van der Waals surface area contributed by atoms with Gasteiger partial charge in [-0.1, -0.05) is 62.7 Å². The number of hydrogen-bond donors (Lipinski definition) is 1. The first-order valence-corrected chi connectivity index (χ1v) is 9.16. The maximum Gasteiger partial charge on any atom is 0.339 e. The molecule has 28 heavy (non-hydrogen) atoms. The van der Waals surface area contributed by atoms with Gasteiger partial charge in [0.1, 0.15) is 0 Å². The van der Waals surface area contributed by atoms with Gasteiger partial charge < -0.3 is 14.8 Å².